The van der Waals surface area contributed by atoms with Crippen molar-refractivity contribution in [1.82, 2.24) is 5.43 Å². The summed E-state index contributed by atoms with van der Waals surface area (Å²) in [5.74, 6) is 8.40. The molecule has 0 heterocycles. The SMILES string of the molecule is CCCC1CCC(C(NN)c2ccccc2OCC)CC1. The van der Waals surface area contributed by atoms with Gasteiger partial charge in [-0.2, -0.15) is 0 Å². The molecule has 2 rings (SSSR count). The molecule has 1 fully saturated rings. The second-order valence-corrected chi connectivity index (χ2v) is 6.18. The van der Waals surface area contributed by atoms with E-state index in [-0.39, 0.29) is 6.04 Å². The van der Waals surface area contributed by atoms with Crippen LogP contribution in [0.15, 0.2) is 24.3 Å². The lowest BCUT2D eigenvalue weighted by molar-refractivity contribution is 0.211. The van der Waals surface area contributed by atoms with Gasteiger partial charge in [0.2, 0.25) is 0 Å². The van der Waals surface area contributed by atoms with Crippen molar-refractivity contribution in [3.8, 4) is 5.75 Å². The Hall–Kier alpha value is -1.06. The van der Waals surface area contributed by atoms with Gasteiger partial charge in [-0.3, -0.25) is 11.3 Å². The molecule has 1 aliphatic rings. The zero-order valence-electron chi connectivity index (χ0n) is 13.5. The number of nitrogens with one attached hydrogen (secondary N) is 1. The van der Waals surface area contributed by atoms with Gasteiger partial charge in [0.25, 0.3) is 0 Å². The van der Waals surface area contributed by atoms with Crippen LogP contribution >= 0.6 is 0 Å². The molecule has 1 aromatic rings. The Morgan fingerprint density at radius 3 is 2.52 bits per heavy atom. The lowest BCUT2D eigenvalue weighted by Gasteiger charge is -2.34. The molecule has 0 amide bonds. The maximum absolute atomic E-state index is 5.89. The van der Waals surface area contributed by atoms with Crippen LogP contribution in [0.3, 0.4) is 0 Å². The van der Waals surface area contributed by atoms with Crippen LogP contribution in [-0.4, -0.2) is 6.61 Å². The number of hydrazine groups is 1. The lowest BCUT2D eigenvalue weighted by Crippen LogP contribution is -2.35. The summed E-state index contributed by atoms with van der Waals surface area (Å²) < 4.78 is 5.77. The van der Waals surface area contributed by atoms with Crippen LogP contribution in [-0.2, 0) is 0 Å². The van der Waals surface area contributed by atoms with E-state index >= 15 is 0 Å². The predicted octanol–water partition coefficient (Wildman–Crippen LogP) is 4.20. The monoisotopic (exact) mass is 290 g/mol. The standard InChI is InChI=1S/C18H30N2O/c1-3-7-14-10-12-15(13-11-14)18(20-19)16-8-5-6-9-17(16)21-4-2/h5-6,8-9,14-15,18,20H,3-4,7,10-13,19H2,1-2H3. The Labute approximate surface area is 129 Å². The fourth-order valence-corrected chi connectivity index (χ4v) is 3.72. The highest BCUT2D eigenvalue weighted by Crippen LogP contribution is 2.40. The van der Waals surface area contributed by atoms with Gasteiger partial charge in [0, 0.05) is 5.56 Å². The van der Waals surface area contributed by atoms with Crippen molar-refractivity contribution in [2.24, 2.45) is 17.7 Å². The molecule has 0 saturated heterocycles. The summed E-state index contributed by atoms with van der Waals surface area (Å²) in [6.07, 6.45) is 7.89. The third-order valence-corrected chi connectivity index (χ3v) is 4.79. The van der Waals surface area contributed by atoms with Gasteiger partial charge in [0.15, 0.2) is 0 Å². The fourth-order valence-electron chi connectivity index (χ4n) is 3.72. The van der Waals surface area contributed by atoms with Crippen LogP contribution in [0.5, 0.6) is 5.75 Å². The van der Waals surface area contributed by atoms with Crippen LogP contribution in [0.2, 0.25) is 0 Å². The molecule has 21 heavy (non-hydrogen) atoms. The Balaban J connectivity index is 2.06. The molecule has 3 nitrogen and oxygen atoms in total. The highest BCUT2D eigenvalue weighted by molar-refractivity contribution is 5.36. The smallest absolute Gasteiger partial charge is 0.124 e. The van der Waals surface area contributed by atoms with Crippen molar-refractivity contribution in [2.45, 2.75) is 58.4 Å². The zero-order valence-corrected chi connectivity index (χ0v) is 13.5. The van der Waals surface area contributed by atoms with Crippen LogP contribution in [0.1, 0.15) is 64.0 Å². The largest absolute Gasteiger partial charge is 0.494 e. The molecule has 0 aliphatic heterocycles. The summed E-state index contributed by atoms with van der Waals surface area (Å²) in [5.41, 5.74) is 4.26. The average molecular weight is 290 g/mol. The summed E-state index contributed by atoms with van der Waals surface area (Å²) in [5, 5.41) is 0. The van der Waals surface area contributed by atoms with E-state index in [1.165, 1.54) is 44.1 Å². The van der Waals surface area contributed by atoms with Crippen LogP contribution in [0.4, 0.5) is 0 Å². The van der Waals surface area contributed by atoms with E-state index in [1.807, 2.05) is 19.1 Å². The molecular formula is C18H30N2O. The van der Waals surface area contributed by atoms with E-state index in [4.69, 9.17) is 10.6 Å². The zero-order chi connectivity index (χ0) is 15.1. The van der Waals surface area contributed by atoms with Gasteiger partial charge in [-0.05, 0) is 37.7 Å². The summed E-state index contributed by atoms with van der Waals surface area (Å²) in [7, 11) is 0. The van der Waals surface area contributed by atoms with Crippen LogP contribution in [0, 0.1) is 11.8 Å². The highest BCUT2D eigenvalue weighted by Gasteiger charge is 2.29. The molecule has 118 valence electrons. The molecule has 0 aromatic heterocycles. The Bertz CT molecular complexity index is 413. The number of para-hydroxylation sites is 1. The van der Waals surface area contributed by atoms with Crippen molar-refractivity contribution in [3.63, 3.8) is 0 Å². The lowest BCUT2D eigenvalue weighted by atomic mass is 9.75. The van der Waals surface area contributed by atoms with E-state index in [0.29, 0.717) is 12.5 Å². The van der Waals surface area contributed by atoms with Gasteiger partial charge >= 0.3 is 0 Å². The van der Waals surface area contributed by atoms with Crippen molar-refractivity contribution in [2.75, 3.05) is 6.61 Å². The van der Waals surface area contributed by atoms with Crippen molar-refractivity contribution in [1.29, 1.82) is 0 Å². The van der Waals surface area contributed by atoms with Crippen molar-refractivity contribution >= 4 is 0 Å². The molecule has 3 heteroatoms. The quantitative estimate of drug-likeness (QED) is 0.584. The number of benzene rings is 1. The summed E-state index contributed by atoms with van der Waals surface area (Å²) >= 11 is 0. The molecule has 1 saturated carbocycles. The van der Waals surface area contributed by atoms with Crippen LogP contribution < -0.4 is 16.0 Å². The number of ether oxygens (including phenoxy) is 1. The first kappa shape index (κ1) is 16.3. The molecule has 1 aliphatic carbocycles. The van der Waals surface area contributed by atoms with Gasteiger partial charge < -0.3 is 4.74 Å². The first-order chi connectivity index (χ1) is 10.3. The maximum atomic E-state index is 5.89. The second-order valence-electron chi connectivity index (χ2n) is 6.18. The van der Waals surface area contributed by atoms with Gasteiger partial charge in [-0.25, -0.2) is 0 Å². The van der Waals surface area contributed by atoms with Gasteiger partial charge in [-0.1, -0.05) is 50.8 Å². The first-order valence-electron chi connectivity index (χ1n) is 8.47. The topological polar surface area (TPSA) is 47.3 Å². The van der Waals surface area contributed by atoms with Crippen LogP contribution in [0.25, 0.3) is 0 Å². The number of hydrogen-bond donors (Lipinski definition) is 2. The second kappa shape index (κ2) is 8.40. The van der Waals surface area contributed by atoms with Gasteiger partial charge in [0.1, 0.15) is 5.75 Å². The van der Waals surface area contributed by atoms with Gasteiger partial charge in [-0.15, -0.1) is 0 Å². The summed E-state index contributed by atoms with van der Waals surface area (Å²) in [4.78, 5) is 0. The minimum atomic E-state index is 0.204. The molecule has 0 spiro atoms. The third-order valence-electron chi connectivity index (χ3n) is 4.79. The minimum absolute atomic E-state index is 0.204. The summed E-state index contributed by atoms with van der Waals surface area (Å²) in [6, 6.07) is 8.50. The minimum Gasteiger partial charge on any atom is -0.494 e. The molecular weight excluding hydrogens is 260 g/mol. The predicted molar refractivity (Wildman–Crippen MR) is 88.0 cm³/mol. The molecule has 1 unspecified atom stereocenters. The molecule has 0 bridgehead atoms. The Morgan fingerprint density at radius 2 is 1.90 bits per heavy atom. The van der Waals surface area contributed by atoms with E-state index in [2.05, 4.69) is 24.5 Å². The first-order valence-corrected chi connectivity index (χ1v) is 8.47. The number of rotatable bonds is 7. The fraction of sp³-hybridized carbons (Fsp3) is 0.667. The number of hydrogen-bond acceptors (Lipinski definition) is 3. The van der Waals surface area contributed by atoms with Gasteiger partial charge in [0.05, 0.1) is 12.6 Å². The molecule has 1 aromatic carbocycles. The maximum Gasteiger partial charge on any atom is 0.124 e. The Morgan fingerprint density at radius 1 is 1.19 bits per heavy atom. The van der Waals surface area contributed by atoms with E-state index in [1.54, 1.807) is 0 Å². The molecule has 1 atom stereocenters. The Kier molecular flexibility index (Phi) is 6.52. The van der Waals surface area contributed by atoms with E-state index in [0.717, 1.165) is 11.7 Å². The number of nitrogens with two attached hydrogens (primary N) is 1. The van der Waals surface area contributed by atoms with Crippen molar-refractivity contribution < 1.29 is 4.74 Å². The normalized spacial score (nSPS) is 23.8. The average Bonchev–Trinajstić information content (AvgIpc) is 2.52. The molecule has 3 N–H and O–H groups in total. The highest BCUT2D eigenvalue weighted by atomic mass is 16.5. The van der Waals surface area contributed by atoms with E-state index < -0.39 is 0 Å². The van der Waals surface area contributed by atoms with E-state index in [9.17, 15) is 0 Å². The summed E-state index contributed by atoms with van der Waals surface area (Å²) in [6.45, 7) is 5.00. The van der Waals surface area contributed by atoms with Crippen molar-refractivity contribution in [3.05, 3.63) is 29.8 Å². The molecule has 0 radical (unpaired) electrons. The third kappa shape index (κ3) is 4.21.